The summed E-state index contributed by atoms with van der Waals surface area (Å²) < 4.78 is 17.9. The summed E-state index contributed by atoms with van der Waals surface area (Å²) in [7, 11) is -1.15. The van der Waals surface area contributed by atoms with Gasteiger partial charge in [-0.3, -0.25) is 9.00 Å². The molecule has 0 unspecified atom stereocenters. The van der Waals surface area contributed by atoms with Gasteiger partial charge in [-0.1, -0.05) is 49.1 Å². The number of carbonyl (C=O) groups is 1. The van der Waals surface area contributed by atoms with Crippen LogP contribution in [0.3, 0.4) is 0 Å². The van der Waals surface area contributed by atoms with E-state index in [1.54, 1.807) is 18.2 Å². The van der Waals surface area contributed by atoms with Crippen LogP contribution >= 0.6 is 11.6 Å². The average Bonchev–Trinajstić information content (AvgIpc) is 3.06. The van der Waals surface area contributed by atoms with Crippen molar-refractivity contribution in [2.24, 2.45) is 0 Å². The molecule has 134 valence electrons. The van der Waals surface area contributed by atoms with E-state index in [1.165, 1.54) is 6.42 Å². The molecule has 1 saturated carbocycles. The van der Waals surface area contributed by atoms with Crippen LogP contribution in [0.15, 0.2) is 40.8 Å². The van der Waals surface area contributed by atoms with Crippen molar-refractivity contribution >= 4 is 28.3 Å². The van der Waals surface area contributed by atoms with Crippen molar-refractivity contribution in [3.63, 3.8) is 0 Å². The Bertz CT molecular complexity index is 753. The summed E-state index contributed by atoms with van der Waals surface area (Å²) in [5.74, 6) is 1.29. The first kappa shape index (κ1) is 18.2. The number of carbonyl (C=O) groups excluding carboxylic acids is 1. The molecule has 1 aromatic carbocycles. The molecule has 0 spiro atoms. The molecule has 0 radical (unpaired) electrons. The molecule has 3 rings (SSSR count). The van der Waals surface area contributed by atoms with Gasteiger partial charge in [0, 0.05) is 21.9 Å². The largest absolute Gasteiger partial charge is 0.455 e. The van der Waals surface area contributed by atoms with Crippen LogP contribution < -0.4 is 5.32 Å². The maximum absolute atomic E-state index is 12.3. The van der Waals surface area contributed by atoms with E-state index in [2.05, 4.69) is 5.32 Å². The fraction of sp³-hybridized carbons (Fsp3) is 0.421. The zero-order chi connectivity index (χ0) is 17.6. The number of hydrogen-bond donors (Lipinski definition) is 1. The van der Waals surface area contributed by atoms with Gasteiger partial charge in [-0.2, -0.15) is 0 Å². The standard InChI is InChI=1S/C19H22ClNO3S/c20-17-9-5-4-6-14(17)12-25(23)13-16-10-11-18(24-16)19(22)21-15-7-2-1-3-8-15/h4-6,9-11,15H,1-3,7-8,12-13H2,(H,21,22)/t25-/m1/s1. The molecule has 1 atom stereocenters. The molecule has 25 heavy (non-hydrogen) atoms. The lowest BCUT2D eigenvalue weighted by Crippen LogP contribution is -2.35. The lowest BCUT2D eigenvalue weighted by molar-refractivity contribution is 0.0898. The molecule has 1 aromatic heterocycles. The van der Waals surface area contributed by atoms with E-state index in [-0.39, 0.29) is 23.5 Å². The lowest BCUT2D eigenvalue weighted by Gasteiger charge is -2.22. The number of halogens is 1. The first-order valence-corrected chi connectivity index (χ1v) is 10.5. The van der Waals surface area contributed by atoms with E-state index in [4.69, 9.17) is 16.0 Å². The van der Waals surface area contributed by atoms with Crippen LogP contribution in [0.2, 0.25) is 5.02 Å². The molecule has 2 aromatic rings. The van der Waals surface area contributed by atoms with Gasteiger partial charge < -0.3 is 9.73 Å². The van der Waals surface area contributed by atoms with Crippen LogP contribution in [0.4, 0.5) is 0 Å². The number of furan rings is 1. The highest BCUT2D eigenvalue weighted by atomic mass is 35.5. The number of rotatable bonds is 6. The van der Waals surface area contributed by atoms with Crippen molar-refractivity contribution in [3.05, 3.63) is 58.5 Å². The van der Waals surface area contributed by atoms with Gasteiger partial charge in [0.05, 0.1) is 11.5 Å². The van der Waals surface area contributed by atoms with Crippen LogP contribution in [-0.4, -0.2) is 16.2 Å². The Kier molecular flexibility index (Phi) is 6.32. The highest BCUT2D eigenvalue weighted by Crippen LogP contribution is 2.20. The zero-order valence-electron chi connectivity index (χ0n) is 14.0. The molecule has 1 aliphatic rings. The first-order chi connectivity index (χ1) is 12.1. The van der Waals surface area contributed by atoms with Crippen LogP contribution in [0.25, 0.3) is 0 Å². The zero-order valence-corrected chi connectivity index (χ0v) is 15.6. The summed E-state index contributed by atoms with van der Waals surface area (Å²) >= 11 is 6.10. The van der Waals surface area contributed by atoms with E-state index >= 15 is 0 Å². The van der Waals surface area contributed by atoms with Crippen molar-refractivity contribution in [3.8, 4) is 0 Å². The minimum Gasteiger partial charge on any atom is -0.455 e. The van der Waals surface area contributed by atoms with Gasteiger partial charge in [-0.15, -0.1) is 0 Å². The lowest BCUT2D eigenvalue weighted by atomic mass is 9.95. The van der Waals surface area contributed by atoms with E-state index in [1.807, 2.05) is 18.2 Å². The van der Waals surface area contributed by atoms with E-state index in [9.17, 15) is 9.00 Å². The molecule has 0 bridgehead atoms. The molecule has 0 aliphatic heterocycles. The molecule has 1 amide bonds. The third kappa shape index (κ3) is 5.19. The van der Waals surface area contributed by atoms with E-state index in [0.717, 1.165) is 31.2 Å². The summed E-state index contributed by atoms with van der Waals surface area (Å²) in [5, 5.41) is 3.64. The number of nitrogens with one attached hydrogen (secondary N) is 1. The maximum Gasteiger partial charge on any atom is 0.287 e. The van der Waals surface area contributed by atoms with E-state index in [0.29, 0.717) is 16.5 Å². The minimum absolute atomic E-state index is 0.185. The molecule has 0 saturated heterocycles. The van der Waals surface area contributed by atoms with Gasteiger partial charge in [0.2, 0.25) is 0 Å². The number of amides is 1. The quantitative estimate of drug-likeness (QED) is 0.806. The van der Waals surface area contributed by atoms with Crippen LogP contribution in [-0.2, 0) is 22.3 Å². The molecule has 4 nitrogen and oxygen atoms in total. The second-order valence-electron chi connectivity index (χ2n) is 6.39. The molecule has 6 heteroatoms. The van der Waals surface area contributed by atoms with Crippen molar-refractivity contribution in [1.82, 2.24) is 5.32 Å². The monoisotopic (exact) mass is 379 g/mol. The Balaban J connectivity index is 1.54. The maximum atomic E-state index is 12.3. The smallest absolute Gasteiger partial charge is 0.287 e. The van der Waals surface area contributed by atoms with Crippen LogP contribution in [0, 0.1) is 0 Å². The average molecular weight is 380 g/mol. The molecular formula is C19H22ClNO3S. The molecule has 1 aliphatic carbocycles. The van der Waals surface area contributed by atoms with Gasteiger partial charge in [-0.25, -0.2) is 0 Å². The fourth-order valence-corrected chi connectivity index (χ4v) is 4.53. The van der Waals surface area contributed by atoms with Crippen molar-refractivity contribution in [2.75, 3.05) is 0 Å². The van der Waals surface area contributed by atoms with Gasteiger partial charge in [0.15, 0.2) is 5.76 Å². The third-order valence-electron chi connectivity index (χ3n) is 4.40. The predicted octanol–water partition coefficient (Wildman–Crippen LogP) is 4.44. The highest BCUT2D eigenvalue weighted by Gasteiger charge is 2.19. The first-order valence-electron chi connectivity index (χ1n) is 8.60. The topological polar surface area (TPSA) is 59.3 Å². The molecular weight excluding hydrogens is 358 g/mol. The van der Waals surface area contributed by atoms with Crippen molar-refractivity contribution in [2.45, 2.75) is 49.7 Å². The highest BCUT2D eigenvalue weighted by molar-refractivity contribution is 7.83. The fourth-order valence-electron chi connectivity index (χ4n) is 3.08. The van der Waals surface area contributed by atoms with E-state index < -0.39 is 10.8 Å². The Morgan fingerprint density at radius 1 is 1.12 bits per heavy atom. The molecule has 1 N–H and O–H groups in total. The molecule has 1 fully saturated rings. The van der Waals surface area contributed by atoms with Gasteiger partial charge >= 0.3 is 0 Å². The van der Waals surface area contributed by atoms with Gasteiger partial charge in [0.1, 0.15) is 5.76 Å². The normalized spacial score (nSPS) is 16.5. The Morgan fingerprint density at radius 3 is 2.64 bits per heavy atom. The summed E-state index contributed by atoms with van der Waals surface area (Å²) in [6, 6.07) is 11.0. The SMILES string of the molecule is O=C(NC1CCCCC1)c1ccc(C[S@](=O)Cc2ccccc2Cl)o1. The summed E-state index contributed by atoms with van der Waals surface area (Å²) in [5.41, 5.74) is 0.851. The number of benzene rings is 1. The predicted molar refractivity (Wildman–Crippen MR) is 100 cm³/mol. The summed E-state index contributed by atoms with van der Waals surface area (Å²) in [4.78, 5) is 12.2. The van der Waals surface area contributed by atoms with Gasteiger partial charge in [0.25, 0.3) is 5.91 Å². The van der Waals surface area contributed by atoms with Crippen LogP contribution in [0.1, 0.15) is 54.0 Å². The minimum atomic E-state index is -1.15. The third-order valence-corrected chi connectivity index (χ3v) is 6.01. The second-order valence-corrected chi connectivity index (χ2v) is 8.26. The van der Waals surface area contributed by atoms with Crippen LogP contribution in [0.5, 0.6) is 0 Å². The molecule has 1 heterocycles. The van der Waals surface area contributed by atoms with Crippen molar-refractivity contribution in [1.29, 1.82) is 0 Å². The number of hydrogen-bond acceptors (Lipinski definition) is 3. The van der Waals surface area contributed by atoms with Crippen molar-refractivity contribution < 1.29 is 13.4 Å². The Morgan fingerprint density at radius 2 is 1.88 bits per heavy atom. The Labute approximate surface area is 155 Å². The Hall–Kier alpha value is -1.59. The summed E-state index contributed by atoms with van der Waals surface area (Å²) in [6.07, 6.45) is 5.63. The summed E-state index contributed by atoms with van der Waals surface area (Å²) in [6.45, 7) is 0. The second kappa shape index (κ2) is 8.68. The van der Waals surface area contributed by atoms with Gasteiger partial charge in [-0.05, 0) is 36.6 Å².